The Kier molecular flexibility index (Phi) is 38.4. The number of benzene rings is 2. The van der Waals surface area contributed by atoms with Crippen LogP contribution < -0.4 is 0 Å². The molecule has 0 heterocycles. The molecular formula is C54H92N2Ni. The van der Waals surface area contributed by atoms with Crippen molar-refractivity contribution in [2.75, 3.05) is 0 Å². The summed E-state index contributed by atoms with van der Waals surface area (Å²) in [7, 11) is 0. The Morgan fingerprint density at radius 3 is 0.965 bits per heavy atom. The van der Waals surface area contributed by atoms with Crippen LogP contribution in [-0.2, 0) is 29.3 Å². The summed E-state index contributed by atoms with van der Waals surface area (Å²) in [6.45, 7) is 6.88. The van der Waals surface area contributed by atoms with E-state index in [2.05, 4.69) is 69.3 Å². The van der Waals surface area contributed by atoms with Crippen molar-refractivity contribution in [1.29, 1.82) is 0 Å². The van der Waals surface area contributed by atoms with Gasteiger partial charge in [0.05, 0.1) is 17.1 Å². The van der Waals surface area contributed by atoms with Gasteiger partial charge in [0.25, 0.3) is 0 Å². The van der Waals surface area contributed by atoms with E-state index < -0.39 is 0 Å². The van der Waals surface area contributed by atoms with Gasteiger partial charge in [0.1, 0.15) is 0 Å². The predicted molar refractivity (Wildman–Crippen MR) is 254 cm³/mol. The average Bonchev–Trinajstić information content (AvgIpc) is 3.22. The molecule has 2 aromatic rings. The smallest absolute Gasteiger partial charge is 0.0633 e. The van der Waals surface area contributed by atoms with Gasteiger partial charge in [0.2, 0.25) is 0 Å². The van der Waals surface area contributed by atoms with Gasteiger partial charge in [-0.05, 0) is 73.9 Å². The van der Waals surface area contributed by atoms with Gasteiger partial charge in [0, 0.05) is 22.7 Å². The summed E-state index contributed by atoms with van der Waals surface area (Å²) in [4.78, 5) is 9.96. The molecule has 0 unspecified atom stereocenters. The molecule has 0 aliphatic heterocycles. The number of hydrogen-bond acceptors (Lipinski definition) is 2. The molecule has 0 aliphatic rings. The monoisotopic (exact) mass is 827 g/mol. The van der Waals surface area contributed by atoms with Gasteiger partial charge in [-0.15, -0.1) is 0 Å². The molecule has 0 fully saturated rings. The molecule has 0 saturated heterocycles. The SMILES string of the molecule is CCCCCCCCCCCCCCCCCc1ccc(N=CC(CCCCCC)=Nc2ccc(CCCCCCCCCCCCCCCCC)cc2)cc1.[Ni]. The molecule has 2 nitrogen and oxygen atoms in total. The topological polar surface area (TPSA) is 24.7 Å². The van der Waals surface area contributed by atoms with Crippen LogP contribution in [-0.4, -0.2) is 11.9 Å². The van der Waals surface area contributed by atoms with Gasteiger partial charge in [0.15, 0.2) is 0 Å². The molecule has 0 radical (unpaired) electrons. The Bertz CT molecular complexity index is 1170. The number of hydrogen-bond donors (Lipinski definition) is 0. The summed E-state index contributed by atoms with van der Waals surface area (Å²) in [5, 5.41) is 0. The van der Waals surface area contributed by atoms with Crippen molar-refractivity contribution in [3.8, 4) is 0 Å². The third kappa shape index (κ3) is 32.8. The van der Waals surface area contributed by atoms with Crippen LogP contribution >= 0.6 is 0 Å². The summed E-state index contributed by atoms with van der Waals surface area (Å²) in [5.74, 6) is 0. The number of nitrogens with zero attached hydrogens (tertiary/aromatic N) is 2. The minimum atomic E-state index is 0. The van der Waals surface area contributed by atoms with Crippen molar-refractivity contribution in [2.45, 2.75) is 258 Å². The second-order valence-electron chi connectivity index (χ2n) is 17.4. The Labute approximate surface area is 366 Å². The largest absolute Gasteiger partial charge is 0.255 e. The zero-order valence-electron chi connectivity index (χ0n) is 38.1. The summed E-state index contributed by atoms with van der Waals surface area (Å²) in [5.41, 5.74) is 6.07. The van der Waals surface area contributed by atoms with Crippen LogP contribution in [0.3, 0.4) is 0 Å². The first kappa shape index (κ1) is 53.3. The first-order valence-corrected chi connectivity index (χ1v) is 25.0. The van der Waals surface area contributed by atoms with Crippen molar-refractivity contribution in [3.05, 3.63) is 59.7 Å². The Morgan fingerprint density at radius 2 is 0.632 bits per heavy atom. The number of aryl methyl sites for hydroxylation is 2. The minimum Gasteiger partial charge on any atom is -0.255 e. The van der Waals surface area contributed by atoms with Crippen LogP contribution in [0, 0.1) is 0 Å². The molecule has 0 amide bonds. The normalized spacial score (nSPS) is 11.8. The molecule has 0 spiro atoms. The van der Waals surface area contributed by atoms with Crippen LogP contribution in [0.1, 0.15) is 257 Å². The third-order valence-corrected chi connectivity index (χ3v) is 11.9. The molecule has 0 N–H and O–H groups in total. The quantitative estimate of drug-likeness (QED) is 0.0363. The standard InChI is InChI=1S/C54H92N2.Ni/c1-4-7-10-13-15-17-19-21-23-25-27-29-31-33-35-38-50-41-45-52(46-42-50)55-49-54(40-37-12-9-6-3)56-53-47-43-51(44-48-53)39-36-34-32-30-28-26-24-22-20-18-16-14-11-8-5-2;/h41-49H,4-40H2,1-3H3;. The van der Waals surface area contributed by atoms with Crippen molar-refractivity contribution in [2.24, 2.45) is 9.98 Å². The molecule has 2 rings (SSSR count). The molecule has 0 aromatic heterocycles. The van der Waals surface area contributed by atoms with E-state index in [0.717, 1.165) is 23.5 Å². The van der Waals surface area contributed by atoms with E-state index in [1.165, 1.54) is 242 Å². The zero-order valence-corrected chi connectivity index (χ0v) is 39.1. The van der Waals surface area contributed by atoms with Crippen molar-refractivity contribution >= 4 is 23.3 Å². The fraction of sp³-hybridized carbons (Fsp3) is 0.741. The van der Waals surface area contributed by atoms with Crippen LogP contribution in [0.4, 0.5) is 11.4 Å². The summed E-state index contributed by atoms with van der Waals surface area (Å²) in [6, 6.07) is 18.0. The Balaban J connectivity index is 0.0000162. The van der Waals surface area contributed by atoms with Gasteiger partial charge in [-0.3, -0.25) is 9.98 Å². The second-order valence-corrected chi connectivity index (χ2v) is 17.4. The molecule has 0 bridgehead atoms. The van der Waals surface area contributed by atoms with Crippen molar-refractivity contribution in [1.82, 2.24) is 0 Å². The first-order chi connectivity index (χ1) is 27.7. The molecule has 2 aromatic carbocycles. The van der Waals surface area contributed by atoms with Gasteiger partial charge in [-0.1, -0.05) is 244 Å². The number of aliphatic imine (C=N–C) groups is 2. The fourth-order valence-corrected chi connectivity index (χ4v) is 8.08. The minimum absolute atomic E-state index is 0. The third-order valence-electron chi connectivity index (χ3n) is 11.9. The zero-order chi connectivity index (χ0) is 39.8. The van der Waals surface area contributed by atoms with E-state index in [9.17, 15) is 0 Å². The summed E-state index contributed by atoms with van der Waals surface area (Å²) >= 11 is 0. The van der Waals surface area contributed by atoms with Gasteiger partial charge in [-0.25, -0.2) is 0 Å². The van der Waals surface area contributed by atoms with Crippen LogP contribution in [0.25, 0.3) is 0 Å². The molecule has 0 aliphatic carbocycles. The van der Waals surface area contributed by atoms with Crippen LogP contribution in [0.5, 0.6) is 0 Å². The van der Waals surface area contributed by atoms with Gasteiger partial charge < -0.3 is 0 Å². The molecule has 57 heavy (non-hydrogen) atoms. The van der Waals surface area contributed by atoms with E-state index in [1.807, 2.05) is 6.21 Å². The van der Waals surface area contributed by atoms with Gasteiger partial charge >= 0.3 is 0 Å². The van der Waals surface area contributed by atoms with Crippen LogP contribution in [0.15, 0.2) is 58.5 Å². The van der Waals surface area contributed by atoms with E-state index >= 15 is 0 Å². The van der Waals surface area contributed by atoms with E-state index in [1.54, 1.807) is 0 Å². The fourth-order valence-electron chi connectivity index (χ4n) is 8.08. The Morgan fingerprint density at radius 1 is 0.351 bits per heavy atom. The maximum absolute atomic E-state index is 5.08. The second kappa shape index (κ2) is 41.0. The summed E-state index contributed by atoms with van der Waals surface area (Å²) in [6.07, 6.45) is 52.9. The molecular weight excluding hydrogens is 735 g/mol. The maximum atomic E-state index is 5.08. The van der Waals surface area contributed by atoms with Crippen molar-refractivity contribution in [3.63, 3.8) is 0 Å². The van der Waals surface area contributed by atoms with E-state index in [0.29, 0.717) is 0 Å². The number of unbranched alkanes of at least 4 members (excludes halogenated alkanes) is 31. The van der Waals surface area contributed by atoms with E-state index in [-0.39, 0.29) is 16.5 Å². The first-order valence-electron chi connectivity index (χ1n) is 25.0. The summed E-state index contributed by atoms with van der Waals surface area (Å²) < 4.78 is 0. The predicted octanol–water partition coefficient (Wildman–Crippen LogP) is 19.0. The molecule has 3 heteroatoms. The van der Waals surface area contributed by atoms with Crippen LogP contribution in [0.2, 0.25) is 0 Å². The van der Waals surface area contributed by atoms with Crippen molar-refractivity contribution < 1.29 is 16.5 Å². The molecule has 328 valence electrons. The average molecular weight is 828 g/mol. The Hall–Kier alpha value is -1.73. The molecule has 0 saturated carbocycles. The van der Waals surface area contributed by atoms with E-state index in [4.69, 9.17) is 9.98 Å². The maximum Gasteiger partial charge on any atom is 0.0633 e. The number of rotatable bonds is 40. The molecule has 0 atom stereocenters. The van der Waals surface area contributed by atoms with Gasteiger partial charge in [-0.2, -0.15) is 0 Å².